The van der Waals surface area contributed by atoms with Crippen LogP contribution >= 0.6 is 15.9 Å². The predicted octanol–water partition coefficient (Wildman–Crippen LogP) is 4.44. The Balaban J connectivity index is 1.80. The molecule has 4 rings (SSSR count). The van der Waals surface area contributed by atoms with E-state index in [1.807, 2.05) is 48.7 Å². The van der Waals surface area contributed by atoms with Crippen molar-refractivity contribution in [2.24, 2.45) is 0 Å². The molecule has 1 N–H and O–H groups in total. The molecule has 0 aliphatic carbocycles. The summed E-state index contributed by atoms with van der Waals surface area (Å²) >= 11 is 3.50. The lowest BCUT2D eigenvalue weighted by Crippen LogP contribution is -2.24. The number of amides is 1. The van der Waals surface area contributed by atoms with Crippen LogP contribution in [0.4, 0.5) is 5.69 Å². The molecule has 1 aromatic heterocycles. The molecule has 2 aromatic carbocycles. The zero-order valence-electron chi connectivity index (χ0n) is 14.7. The molecule has 2 heterocycles. The Morgan fingerprint density at radius 2 is 2.12 bits per heavy atom. The Bertz CT molecular complexity index is 1120. The smallest absolute Gasteiger partial charge is 0.261 e. The number of hydrogen-bond acceptors (Lipinski definition) is 2. The fourth-order valence-electron chi connectivity index (χ4n) is 3.77. The molecule has 3 aromatic rings. The van der Waals surface area contributed by atoms with E-state index < -0.39 is 0 Å². The maximum Gasteiger partial charge on any atom is 0.261 e. The molecule has 0 atom stereocenters. The van der Waals surface area contributed by atoms with Crippen molar-refractivity contribution in [2.45, 2.75) is 33.2 Å². The minimum Gasteiger partial charge on any atom is -0.346 e. The van der Waals surface area contributed by atoms with Gasteiger partial charge in [-0.3, -0.25) is 9.59 Å². The summed E-state index contributed by atoms with van der Waals surface area (Å²) in [6.45, 7) is 4.80. The second-order valence-electron chi connectivity index (χ2n) is 6.69. The van der Waals surface area contributed by atoms with Gasteiger partial charge in [-0.1, -0.05) is 35.0 Å². The van der Waals surface area contributed by atoms with Crippen LogP contribution in [-0.4, -0.2) is 10.5 Å². The Labute approximate surface area is 160 Å². The van der Waals surface area contributed by atoms with Crippen molar-refractivity contribution in [3.05, 3.63) is 73.5 Å². The molecule has 0 bridgehead atoms. The number of carbonyl (C=O) groups is 1. The molecule has 26 heavy (non-hydrogen) atoms. The first-order valence-electron chi connectivity index (χ1n) is 8.75. The molecule has 1 aliphatic heterocycles. The van der Waals surface area contributed by atoms with Crippen LogP contribution in [0.1, 0.15) is 34.0 Å². The Morgan fingerprint density at radius 1 is 1.31 bits per heavy atom. The molecule has 132 valence electrons. The number of hydrogen-bond donors (Lipinski definition) is 1. The van der Waals surface area contributed by atoms with Gasteiger partial charge in [0.25, 0.3) is 5.91 Å². The lowest BCUT2D eigenvalue weighted by atomic mass is 10.0. The van der Waals surface area contributed by atoms with E-state index in [0.29, 0.717) is 5.39 Å². The number of halogens is 1. The highest BCUT2D eigenvalue weighted by molar-refractivity contribution is 9.10. The van der Waals surface area contributed by atoms with Crippen LogP contribution in [0.5, 0.6) is 0 Å². The number of pyridine rings is 1. The van der Waals surface area contributed by atoms with Gasteiger partial charge < -0.3 is 9.88 Å². The molecule has 0 fully saturated rings. The molecule has 1 amide bonds. The first-order valence-corrected chi connectivity index (χ1v) is 9.54. The molecule has 0 spiro atoms. The number of aryl methyl sites for hydroxylation is 4. The number of para-hydroxylation sites is 1. The number of anilines is 1. The standard InChI is InChI=1S/C21H19BrN2O2/c1-3-13-10-15(22)9-12(2)18(13)23-21(26)17-11-24-8-7-14-5-4-6-16(19(14)24)20(17)25/h4-6,9-11H,3,7-8H2,1-2H3,(H,23,26). The summed E-state index contributed by atoms with van der Waals surface area (Å²) < 4.78 is 3.01. The van der Waals surface area contributed by atoms with Gasteiger partial charge in [0.1, 0.15) is 5.56 Å². The summed E-state index contributed by atoms with van der Waals surface area (Å²) in [4.78, 5) is 25.8. The van der Waals surface area contributed by atoms with Gasteiger partial charge in [0.15, 0.2) is 0 Å². The van der Waals surface area contributed by atoms with Crippen molar-refractivity contribution in [1.29, 1.82) is 0 Å². The Kier molecular flexibility index (Phi) is 4.19. The molecule has 0 saturated carbocycles. The first-order chi connectivity index (χ1) is 12.5. The van der Waals surface area contributed by atoms with E-state index in [1.54, 1.807) is 6.20 Å². The minimum absolute atomic E-state index is 0.195. The fraction of sp³-hybridized carbons (Fsp3) is 0.238. The number of rotatable bonds is 3. The SMILES string of the molecule is CCc1cc(Br)cc(C)c1NC(=O)c1cn2c3c(cccc3c1=O)CC2. The number of benzene rings is 2. The van der Waals surface area contributed by atoms with Gasteiger partial charge in [-0.05, 0) is 54.7 Å². The predicted molar refractivity (Wildman–Crippen MR) is 108 cm³/mol. The summed E-state index contributed by atoms with van der Waals surface area (Å²) in [6.07, 6.45) is 3.39. The molecular formula is C21H19BrN2O2. The van der Waals surface area contributed by atoms with Crippen LogP contribution in [0.2, 0.25) is 0 Å². The lowest BCUT2D eigenvalue weighted by molar-refractivity contribution is 0.102. The van der Waals surface area contributed by atoms with Crippen LogP contribution in [0, 0.1) is 6.92 Å². The van der Waals surface area contributed by atoms with E-state index in [-0.39, 0.29) is 16.9 Å². The van der Waals surface area contributed by atoms with Crippen molar-refractivity contribution in [2.75, 3.05) is 5.32 Å². The lowest BCUT2D eigenvalue weighted by Gasteiger charge is -2.15. The zero-order chi connectivity index (χ0) is 18.4. The van der Waals surface area contributed by atoms with Gasteiger partial charge in [0.2, 0.25) is 5.43 Å². The molecule has 0 saturated heterocycles. The third kappa shape index (κ3) is 2.67. The van der Waals surface area contributed by atoms with Crippen LogP contribution in [0.15, 0.2) is 45.8 Å². The zero-order valence-corrected chi connectivity index (χ0v) is 16.3. The van der Waals surface area contributed by atoms with E-state index in [2.05, 4.69) is 21.2 Å². The van der Waals surface area contributed by atoms with Gasteiger partial charge in [0.05, 0.1) is 5.52 Å². The topological polar surface area (TPSA) is 51.1 Å². The minimum atomic E-state index is -0.349. The maximum absolute atomic E-state index is 12.9. The van der Waals surface area contributed by atoms with Crippen molar-refractivity contribution in [1.82, 2.24) is 4.57 Å². The maximum atomic E-state index is 12.9. The van der Waals surface area contributed by atoms with E-state index in [4.69, 9.17) is 0 Å². The number of nitrogens with zero attached hydrogens (tertiary/aromatic N) is 1. The van der Waals surface area contributed by atoms with Gasteiger partial charge in [-0.2, -0.15) is 0 Å². The highest BCUT2D eigenvalue weighted by Gasteiger charge is 2.21. The van der Waals surface area contributed by atoms with Gasteiger partial charge in [-0.15, -0.1) is 0 Å². The van der Waals surface area contributed by atoms with E-state index >= 15 is 0 Å². The van der Waals surface area contributed by atoms with Gasteiger partial charge in [-0.25, -0.2) is 0 Å². The van der Waals surface area contributed by atoms with Crippen molar-refractivity contribution in [3.8, 4) is 0 Å². The number of carbonyl (C=O) groups excluding carboxylic acids is 1. The van der Waals surface area contributed by atoms with E-state index in [1.165, 1.54) is 5.56 Å². The van der Waals surface area contributed by atoms with Gasteiger partial charge in [0, 0.05) is 28.3 Å². The highest BCUT2D eigenvalue weighted by atomic mass is 79.9. The third-order valence-corrected chi connectivity index (χ3v) is 5.51. The molecule has 0 radical (unpaired) electrons. The summed E-state index contributed by atoms with van der Waals surface area (Å²) in [5, 5.41) is 3.60. The summed E-state index contributed by atoms with van der Waals surface area (Å²) in [6, 6.07) is 9.71. The van der Waals surface area contributed by atoms with Crippen molar-refractivity contribution < 1.29 is 4.79 Å². The van der Waals surface area contributed by atoms with Crippen LogP contribution < -0.4 is 10.7 Å². The molecular weight excluding hydrogens is 392 g/mol. The summed E-state index contributed by atoms with van der Waals surface area (Å²) in [7, 11) is 0. The van der Waals surface area contributed by atoms with E-state index in [0.717, 1.165) is 46.2 Å². The average molecular weight is 411 g/mol. The second kappa shape index (κ2) is 6.40. The van der Waals surface area contributed by atoms with Crippen LogP contribution in [0.25, 0.3) is 10.9 Å². The Morgan fingerprint density at radius 3 is 2.88 bits per heavy atom. The quantitative estimate of drug-likeness (QED) is 0.693. The molecule has 0 unspecified atom stereocenters. The summed E-state index contributed by atoms with van der Waals surface area (Å²) in [5.74, 6) is -0.349. The Hall–Kier alpha value is -2.40. The van der Waals surface area contributed by atoms with Crippen LogP contribution in [0.3, 0.4) is 0 Å². The highest BCUT2D eigenvalue weighted by Crippen LogP contribution is 2.28. The molecule has 1 aliphatic rings. The van der Waals surface area contributed by atoms with Crippen molar-refractivity contribution >= 4 is 38.4 Å². The van der Waals surface area contributed by atoms with E-state index in [9.17, 15) is 9.59 Å². The number of aromatic nitrogens is 1. The first kappa shape index (κ1) is 17.0. The third-order valence-electron chi connectivity index (χ3n) is 5.05. The number of nitrogens with one attached hydrogen (secondary N) is 1. The fourth-order valence-corrected chi connectivity index (χ4v) is 4.39. The second-order valence-corrected chi connectivity index (χ2v) is 7.61. The summed E-state index contributed by atoms with van der Waals surface area (Å²) in [5.41, 5.74) is 4.92. The van der Waals surface area contributed by atoms with Crippen LogP contribution in [-0.2, 0) is 19.4 Å². The monoisotopic (exact) mass is 410 g/mol. The largest absolute Gasteiger partial charge is 0.346 e. The van der Waals surface area contributed by atoms with Gasteiger partial charge >= 0.3 is 0 Å². The normalized spacial score (nSPS) is 12.6. The molecule has 5 heteroatoms. The molecule has 4 nitrogen and oxygen atoms in total. The van der Waals surface area contributed by atoms with Crippen molar-refractivity contribution in [3.63, 3.8) is 0 Å². The average Bonchev–Trinajstić information content (AvgIpc) is 3.04.